The van der Waals surface area contributed by atoms with Crippen molar-refractivity contribution in [2.45, 2.75) is 54.1 Å². The summed E-state index contributed by atoms with van der Waals surface area (Å²) in [7, 11) is 0. The van der Waals surface area contributed by atoms with Crippen molar-refractivity contribution < 1.29 is 9.53 Å². The van der Waals surface area contributed by atoms with E-state index in [0.29, 0.717) is 0 Å². The first kappa shape index (κ1) is 15.5. The van der Waals surface area contributed by atoms with Crippen molar-refractivity contribution in [2.75, 3.05) is 5.32 Å². The molecule has 19 heavy (non-hydrogen) atoms. The van der Waals surface area contributed by atoms with Gasteiger partial charge in [0.25, 0.3) is 0 Å². The van der Waals surface area contributed by atoms with Crippen molar-refractivity contribution in [1.29, 1.82) is 0 Å². The van der Waals surface area contributed by atoms with Crippen LogP contribution in [0.1, 0.15) is 46.6 Å². The van der Waals surface area contributed by atoms with Crippen LogP contribution in [0.5, 0.6) is 5.75 Å². The highest BCUT2D eigenvalue weighted by Gasteiger charge is 2.21. The second-order valence-corrected chi connectivity index (χ2v) is 6.02. The topological polar surface area (TPSA) is 38.3 Å². The summed E-state index contributed by atoms with van der Waals surface area (Å²) in [4.78, 5) is 11.9. The summed E-state index contributed by atoms with van der Waals surface area (Å²) in [6.07, 6.45) is 1.18. The highest BCUT2D eigenvalue weighted by molar-refractivity contribution is 5.94. The standard InChI is InChI=1S/C16H25NO2/c1-7-12(3)19-14-9-8-13(10-11(14)2)17-15(18)16(4,5)6/h8-10,12H,7H2,1-6H3,(H,17,18)/t12-/m1/s1. The molecule has 1 aromatic rings. The molecule has 1 N–H and O–H groups in total. The number of ether oxygens (including phenoxy) is 1. The van der Waals surface area contributed by atoms with Gasteiger partial charge in [-0.1, -0.05) is 27.7 Å². The van der Waals surface area contributed by atoms with Gasteiger partial charge in [0.1, 0.15) is 5.75 Å². The van der Waals surface area contributed by atoms with Crippen LogP contribution >= 0.6 is 0 Å². The van der Waals surface area contributed by atoms with Crippen LogP contribution in [0.2, 0.25) is 0 Å². The molecule has 1 atom stereocenters. The SMILES string of the molecule is CC[C@@H](C)Oc1ccc(NC(=O)C(C)(C)C)cc1C. The molecule has 0 aliphatic rings. The number of amides is 1. The number of aryl methyl sites for hydroxylation is 1. The summed E-state index contributed by atoms with van der Waals surface area (Å²) in [5, 5.41) is 2.92. The Bertz CT molecular complexity index is 447. The van der Waals surface area contributed by atoms with Gasteiger partial charge in [-0.25, -0.2) is 0 Å². The number of benzene rings is 1. The Kier molecular flexibility index (Phi) is 4.98. The summed E-state index contributed by atoms with van der Waals surface area (Å²) in [6.45, 7) is 11.8. The molecule has 3 nitrogen and oxygen atoms in total. The van der Waals surface area contributed by atoms with Gasteiger partial charge >= 0.3 is 0 Å². The first-order chi connectivity index (χ1) is 8.74. The van der Waals surface area contributed by atoms with Crippen LogP contribution in [0.4, 0.5) is 5.69 Å². The van der Waals surface area contributed by atoms with Gasteiger partial charge in [-0.2, -0.15) is 0 Å². The van der Waals surface area contributed by atoms with Gasteiger partial charge in [0.15, 0.2) is 0 Å². The minimum atomic E-state index is -0.389. The number of nitrogens with one attached hydrogen (secondary N) is 1. The molecule has 0 aliphatic heterocycles. The molecule has 1 amide bonds. The lowest BCUT2D eigenvalue weighted by atomic mass is 9.95. The third-order valence-corrected chi connectivity index (χ3v) is 3.02. The third-order valence-electron chi connectivity index (χ3n) is 3.02. The number of anilines is 1. The zero-order valence-corrected chi connectivity index (χ0v) is 12.8. The summed E-state index contributed by atoms with van der Waals surface area (Å²) in [5.74, 6) is 0.894. The Morgan fingerprint density at radius 3 is 2.47 bits per heavy atom. The first-order valence-corrected chi connectivity index (χ1v) is 6.82. The molecule has 0 heterocycles. The molecule has 0 aliphatic carbocycles. The molecule has 1 rings (SSSR count). The zero-order chi connectivity index (χ0) is 14.6. The largest absolute Gasteiger partial charge is 0.490 e. The van der Waals surface area contributed by atoms with Crippen LogP contribution in [0.3, 0.4) is 0 Å². The average Bonchev–Trinajstić information content (AvgIpc) is 2.31. The molecule has 0 bridgehead atoms. The maximum absolute atomic E-state index is 11.9. The second kappa shape index (κ2) is 6.09. The van der Waals surface area contributed by atoms with Gasteiger partial charge in [-0.15, -0.1) is 0 Å². The lowest BCUT2D eigenvalue weighted by molar-refractivity contribution is -0.123. The van der Waals surface area contributed by atoms with Crippen LogP contribution in [-0.2, 0) is 4.79 Å². The highest BCUT2D eigenvalue weighted by atomic mass is 16.5. The molecule has 0 saturated carbocycles. The van der Waals surface area contributed by atoms with E-state index in [1.54, 1.807) is 0 Å². The van der Waals surface area contributed by atoms with E-state index in [0.717, 1.165) is 23.4 Å². The number of hydrogen-bond donors (Lipinski definition) is 1. The summed E-state index contributed by atoms with van der Waals surface area (Å²) < 4.78 is 5.81. The van der Waals surface area contributed by atoms with Gasteiger partial charge in [0, 0.05) is 11.1 Å². The molecular formula is C16H25NO2. The van der Waals surface area contributed by atoms with Crippen molar-refractivity contribution in [3.63, 3.8) is 0 Å². The van der Waals surface area contributed by atoms with Crippen LogP contribution in [-0.4, -0.2) is 12.0 Å². The van der Waals surface area contributed by atoms with Crippen molar-refractivity contribution in [1.82, 2.24) is 0 Å². The Morgan fingerprint density at radius 2 is 2.00 bits per heavy atom. The normalized spacial score (nSPS) is 12.9. The van der Waals surface area contributed by atoms with E-state index in [-0.39, 0.29) is 17.4 Å². The maximum Gasteiger partial charge on any atom is 0.229 e. The fourth-order valence-corrected chi connectivity index (χ4v) is 1.48. The number of carbonyl (C=O) groups excluding carboxylic acids is 1. The fourth-order valence-electron chi connectivity index (χ4n) is 1.48. The van der Waals surface area contributed by atoms with Gasteiger partial charge in [-0.3, -0.25) is 4.79 Å². The lowest BCUT2D eigenvalue weighted by Gasteiger charge is -2.19. The van der Waals surface area contributed by atoms with Crippen LogP contribution in [0.25, 0.3) is 0 Å². The highest BCUT2D eigenvalue weighted by Crippen LogP contribution is 2.25. The molecule has 0 radical (unpaired) electrons. The fraction of sp³-hybridized carbons (Fsp3) is 0.562. The van der Waals surface area contributed by atoms with E-state index < -0.39 is 0 Å². The quantitative estimate of drug-likeness (QED) is 0.886. The molecule has 0 spiro atoms. The van der Waals surface area contributed by atoms with Gasteiger partial charge in [0.05, 0.1) is 6.10 Å². The van der Waals surface area contributed by atoms with Crippen LogP contribution in [0, 0.1) is 12.3 Å². The third kappa shape index (κ3) is 4.58. The molecule has 1 aromatic carbocycles. The average molecular weight is 263 g/mol. The van der Waals surface area contributed by atoms with Crippen LogP contribution < -0.4 is 10.1 Å². The number of hydrogen-bond acceptors (Lipinski definition) is 2. The molecule has 0 aromatic heterocycles. The van der Waals surface area contributed by atoms with E-state index in [4.69, 9.17) is 4.74 Å². The second-order valence-electron chi connectivity index (χ2n) is 6.02. The van der Waals surface area contributed by atoms with Gasteiger partial charge in [0.2, 0.25) is 5.91 Å². The van der Waals surface area contributed by atoms with E-state index in [1.165, 1.54) is 0 Å². The van der Waals surface area contributed by atoms with Crippen molar-refractivity contribution in [3.8, 4) is 5.75 Å². The smallest absolute Gasteiger partial charge is 0.229 e. The number of carbonyl (C=O) groups is 1. The van der Waals surface area contributed by atoms with E-state index in [1.807, 2.05) is 45.9 Å². The molecule has 106 valence electrons. The van der Waals surface area contributed by atoms with E-state index in [2.05, 4.69) is 19.2 Å². The van der Waals surface area contributed by atoms with E-state index >= 15 is 0 Å². The lowest BCUT2D eigenvalue weighted by Crippen LogP contribution is -2.27. The Balaban J connectivity index is 2.80. The Hall–Kier alpha value is -1.51. The summed E-state index contributed by atoms with van der Waals surface area (Å²) in [6, 6.07) is 5.75. The van der Waals surface area contributed by atoms with Crippen molar-refractivity contribution in [2.24, 2.45) is 5.41 Å². The molecule has 0 saturated heterocycles. The van der Waals surface area contributed by atoms with Crippen LogP contribution in [0.15, 0.2) is 18.2 Å². The van der Waals surface area contributed by atoms with Crippen molar-refractivity contribution >= 4 is 11.6 Å². The van der Waals surface area contributed by atoms with Gasteiger partial charge in [-0.05, 0) is 44.0 Å². The maximum atomic E-state index is 11.9. The molecular weight excluding hydrogens is 238 g/mol. The minimum absolute atomic E-state index is 0.0162. The molecule has 0 fully saturated rings. The van der Waals surface area contributed by atoms with Gasteiger partial charge < -0.3 is 10.1 Å². The van der Waals surface area contributed by atoms with Crippen molar-refractivity contribution in [3.05, 3.63) is 23.8 Å². The minimum Gasteiger partial charge on any atom is -0.490 e. The first-order valence-electron chi connectivity index (χ1n) is 6.82. The monoisotopic (exact) mass is 263 g/mol. The predicted molar refractivity (Wildman–Crippen MR) is 79.6 cm³/mol. The molecule has 0 unspecified atom stereocenters. The summed E-state index contributed by atoms with van der Waals surface area (Å²) >= 11 is 0. The summed E-state index contributed by atoms with van der Waals surface area (Å²) in [5.41, 5.74) is 1.46. The van der Waals surface area contributed by atoms with E-state index in [9.17, 15) is 4.79 Å². The number of rotatable bonds is 4. The Morgan fingerprint density at radius 1 is 1.37 bits per heavy atom. The zero-order valence-electron chi connectivity index (χ0n) is 12.8. The predicted octanol–water partition coefficient (Wildman–Crippen LogP) is 4.16. The molecule has 3 heteroatoms. The Labute approximate surface area is 116 Å².